The monoisotopic (exact) mass is 191 g/mol. The highest BCUT2D eigenvalue weighted by molar-refractivity contribution is 6.08. The van der Waals surface area contributed by atoms with Gasteiger partial charge in [0.05, 0.1) is 0 Å². The highest BCUT2D eigenvalue weighted by Gasteiger charge is 2.01. The minimum absolute atomic E-state index is 0.196. The molecule has 0 radical (unpaired) electrons. The van der Waals surface area contributed by atoms with Gasteiger partial charge in [-0.25, -0.2) is 4.79 Å². The van der Waals surface area contributed by atoms with Crippen LogP contribution in [0, 0.1) is 5.41 Å². The number of rotatable bonds is 3. The number of carbonyl (C=O) groups excluding carboxylic acids is 1. The number of nitrogens with one attached hydrogen (secondary N) is 2. The van der Waals surface area contributed by atoms with E-state index in [-0.39, 0.29) is 11.5 Å². The van der Waals surface area contributed by atoms with Crippen LogP contribution in [0.3, 0.4) is 0 Å². The molecular weight excluding hydrogens is 177 g/mol. The fourth-order valence-electron chi connectivity index (χ4n) is 1.08. The zero-order chi connectivity index (χ0) is 10.4. The Kier molecular flexibility index (Phi) is 3.97. The third kappa shape index (κ3) is 2.76. The summed E-state index contributed by atoms with van der Waals surface area (Å²) in [4.78, 5) is 11.5. The number of nitrogens with zero attached hydrogens (tertiary/aromatic N) is 1. The summed E-state index contributed by atoms with van der Waals surface area (Å²) in [6.45, 7) is 0.663. The predicted octanol–water partition coefficient (Wildman–Crippen LogP) is -0.0332. The molecule has 0 atom stereocenters. The van der Waals surface area contributed by atoms with E-state index in [0.29, 0.717) is 6.54 Å². The highest BCUT2D eigenvalue weighted by Crippen LogP contribution is 1.84. The summed E-state index contributed by atoms with van der Waals surface area (Å²) < 4.78 is 1.29. The van der Waals surface area contributed by atoms with Crippen LogP contribution >= 0.6 is 0 Å². The number of aromatic nitrogens is 1. The molecule has 0 saturated heterocycles. The molecule has 1 aromatic heterocycles. The minimum atomic E-state index is -0.232. The molecule has 0 bridgehead atoms. The quantitative estimate of drug-likeness (QED) is 0.511. The Bertz CT molecular complexity index is 361. The maximum Gasteiger partial charge on any atom is 0.327 e. The Balaban J connectivity index is 2.61. The minimum Gasteiger partial charge on any atom is -0.337 e. The van der Waals surface area contributed by atoms with Crippen molar-refractivity contribution in [3.05, 3.63) is 29.9 Å². The van der Waals surface area contributed by atoms with Gasteiger partial charge >= 0.3 is 6.03 Å². The normalized spacial score (nSPS) is 9.71. The lowest BCUT2D eigenvalue weighted by atomic mass is 10.0. The van der Waals surface area contributed by atoms with Crippen molar-refractivity contribution in [1.29, 1.82) is 5.41 Å². The summed E-state index contributed by atoms with van der Waals surface area (Å²) in [7, 11) is 2.07. The van der Waals surface area contributed by atoms with E-state index in [1.165, 1.54) is 4.57 Å². The molecule has 1 heterocycles. The first-order valence-corrected chi connectivity index (χ1v) is 4.76. The van der Waals surface area contributed by atoms with Gasteiger partial charge < -0.3 is 5.32 Å². The highest BCUT2D eigenvalue weighted by atomic mass is 16.2. The molecule has 1 amide bonds. The maximum atomic E-state index is 11.5. The van der Waals surface area contributed by atoms with Crippen LogP contribution in [0.4, 0.5) is 4.79 Å². The molecular formula is C9H14BN3O. The molecule has 0 aromatic carbocycles. The van der Waals surface area contributed by atoms with Gasteiger partial charge in [0.1, 0.15) is 13.3 Å². The Labute approximate surface area is 83.9 Å². The zero-order valence-corrected chi connectivity index (χ0v) is 8.29. The lowest BCUT2D eigenvalue weighted by molar-refractivity contribution is 0.241. The number of hydrogen-bond acceptors (Lipinski definition) is 2. The van der Waals surface area contributed by atoms with Gasteiger partial charge in [0, 0.05) is 12.7 Å². The van der Waals surface area contributed by atoms with Crippen molar-refractivity contribution in [3.8, 4) is 0 Å². The van der Waals surface area contributed by atoms with Crippen LogP contribution in [0.2, 0.25) is 6.32 Å². The summed E-state index contributed by atoms with van der Waals surface area (Å²) in [5.41, 5.74) is 0.196. The van der Waals surface area contributed by atoms with Gasteiger partial charge in [-0.3, -0.25) is 9.98 Å². The molecule has 0 fully saturated rings. The second-order valence-corrected chi connectivity index (χ2v) is 3.04. The fraction of sp³-hybridized carbons (Fsp3) is 0.333. The smallest absolute Gasteiger partial charge is 0.327 e. The number of hydrogen-bond donors (Lipinski definition) is 2. The first-order chi connectivity index (χ1) is 6.75. The summed E-state index contributed by atoms with van der Waals surface area (Å²) in [6, 6.07) is 4.82. The average molecular weight is 191 g/mol. The summed E-state index contributed by atoms with van der Waals surface area (Å²) >= 11 is 0. The zero-order valence-electron chi connectivity index (χ0n) is 8.29. The van der Waals surface area contributed by atoms with Crippen molar-refractivity contribution >= 4 is 13.9 Å². The predicted molar refractivity (Wildman–Crippen MR) is 57.1 cm³/mol. The van der Waals surface area contributed by atoms with Crippen molar-refractivity contribution in [2.24, 2.45) is 0 Å². The molecule has 1 rings (SSSR count). The molecule has 74 valence electrons. The van der Waals surface area contributed by atoms with Crippen LogP contribution in [0.5, 0.6) is 0 Å². The summed E-state index contributed by atoms with van der Waals surface area (Å²) in [5, 5.41) is 10.2. The fourth-order valence-corrected chi connectivity index (χ4v) is 1.08. The third-order valence-electron chi connectivity index (χ3n) is 1.89. The van der Waals surface area contributed by atoms with Gasteiger partial charge in [-0.05, 0) is 18.6 Å². The van der Waals surface area contributed by atoms with E-state index in [0.717, 1.165) is 12.7 Å². The first kappa shape index (κ1) is 10.6. The standard InChI is InChI=1S/C9H14BN3O/c10-5-3-6-12-9(14)13-7-2-1-4-8(13)11/h1-2,4,7,11H,3,5-6,10H2,(H,12,14). The van der Waals surface area contributed by atoms with Gasteiger partial charge in [-0.1, -0.05) is 12.4 Å². The van der Waals surface area contributed by atoms with E-state index in [1.807, 2.05) is 0 Å². The molecule has 0 aliphatic rings. The SMILES string of the molecule is BCCCNC(=O)n1ccccc1=N. The first-order valence-electron chi connectivity index (χ1n) is 4.76. The summed E-state index contributed by atoms with van der Waals surface area (Å²) in [6.07, 6.45) is 3.60. The largest absolute Gasteiger partial charge is 0.337 e. The van der Waals surface area contributed by atoms with Crippen LogP contribution in [-0.2, 0) is 0 Å². The number of carbonyl (C=O) groups is 1. The van der Waals surface area contributed by atoms with E-state index >= 15 is 0 Å². The van der Waals surface area contributed by atoms with Gasteiger partial charge in [0.15, 0.2) is 0 Å². The van der Waals surface area contributed by atoms with Crippen LogP contribution in [-0.4, -0.2) is 25.0 Å². The average Bonchev–Trinajstić information content (AvgIpc) is 2.18. The van der Waals surface area contributed by atoms with E-state index in [9.17, 15) is 4.79 Å². The van der Waals surface area contributed by atoms with Gasteiger partial charge in [-0.15, -0.1) is 0 Å². The van der Waals surface area contributed by atoms with E-state index in [1.54, 1.807) is 24.4 Å². The van der Waals surface area contributed by atoms with Crippen LogP contribution in [0.25, 0.3) is 0 Å². The third-order valence-corrected chi connectivity index (χ3v) is 1.89. The van der Waals surface area contributed by atoms with Crippen LogP contribution in [0.15, 0.2) is 24.4 Å². The van der Waals surface area contributed by atoms with Crippen molar-refractivity contribution < 1.29 is 4.79 Å². The Hall–Kier alpha value is -1.52. The van der Waals surface area contributed by atoms with Gasteiger partial charge in [0.2, 0.25) is 0 Å². The molecule has 0 unspecified atom stereocenters. The lowest BCUT2D eigenvalue weighted by Gasteiger charge is -2.06. The summed E-state index contributed by atoms with van der Waals surface area (Å²) in [5.74, 6) is 0. The molecule has 1 aromatic rings. The number of pyridine rings is 1. The molecule has 0 spiro atoms. The van der Waals surface area contributed by atoms with Gasteiger partial charge in [-0.2, -0.15) is 0 Å². The van der Waals surface area contributed by atoms with Crippen molar-refractivity contribution in [2.75, 3.05) is 6.54 Å². The molecule has 0 saturated carbocycles. The van der Waals surface area contributed by atoms with Crippen molar-refractivity contribution in [2.45, 2.75) is 12.7 Å². The van der Waals surface area contributed by atoms with E-state index in [4.69, 9.17) is 5.41 Å². The Morgan fingerprint density at radius 3 is 3.00 bits per heavy atom. The molecule has 14 heavy (non-hydrogen) atoms. The topological polar surface area (TPSA) is 57.9 Å². The second-order valence-electron chi connectivity index (χ2n) is 3.04. The van der Waals surface area contributed by atoms with Crippen LogP contribution < -0.4 is 10.8 Å². The Morgan fingerprint density at radius 2 is 2.36 bits per heavy atom. The molecule has 0 aliphatic heterocycles. The lowest BCUT2D eigenvalue weighted by Crippen LogP contribution is -2.35. The van der Waals surface area contributed by atoms with E-state index < -0.39 is 0 Å². The molecule has 0 aliphatic carbocycles. The second kappa shape index (κ2) is 5.27. The maximum absolute atomic E-state index is 11.5. The molecule has 5 heteroatoms. The molecule has 4 nitrogen and oxygen atoms in total. The van der Waals surface area contributed by atoms with Crippen molar-refractivity contribution in [3.63, 3.8) is 0 Å². The molecule has 2 N–H and O–H groups in total. The van der Waals surface area contributed by atoms with Gasteiger partial charge in [0.25, 0.3) is 0 Å². The Morgan fingerprint density at radius 1 is 1.57 bits per heavy atom. The van der Waals surface area contributed by atoms with Crippen LogP contribution in [0.1, 0.15) is 6.42 Å². The number of amides is 1. The van der Waals surface area contributed by atoms with Crippen molar-refractivity contribution in [1.82, 2.24) is 9.88 Å². The van der Waals surface area contributed by atoms with E-state index in [2.05, 4.69) is 13.2 Å².